The number of nitrogens with one attached hydrogen (secondary N) is 1. The number of benzene rings is 2. The number of aryl methyl sites for hydroxylation is 1. The number of piperidine rings is 1. The summed E-state index contributed by atoms with van der Waals surface area (Å²) in [7, 11) is 1.26. The van der Waals surface area contributed by atoms with Crippen LogP contribution in [0.2, 0.25) is 0 Å². The lowest BCUT2D eigenvalue weighted by atomic mass is 9.77. The molecule has 13 heteroatoms. The smallest absolute Gasteiger partial charge is 0.416 e. The number of alkyl halides is 6. The molecule has 2 aromatic rings. The standard InChI is InChI=1S/C28H30F7N3O3/c1-5-8-26(36-24(39)40)9-10-38(23(15-26)22-7-6-21(29)11-16(22)2)25(41)37(4)17(3)18-12-19(27(30,31)32)14-20(13-18)28(33,34)35/h5-7,11-14,17,23,36H,1,8-10,15H2,2-4H3,(H,39,40)/t17-,23+,26-/m0/s1. The maximum absolute atomic E-state index is 13.9. The topological polar surface area (TPSA) is 72.9 Å². The van der Waals surface area contributed by atoms with E-state index in [1.807, 2.05) is 0 Å². The Morgan fingerprint density at radius 2 is 1.73 bits per heavy atom. The second-order valence-electron chi connectivity index (χ2n) is 10.3. The maximum atomic E-state index is 13.9. The Morgan fingerprint density at radius 3 is 2.22 bits per heavy atom. The largest absolute Gasteiger partial charge is 0.465 e. The number of likely N-dealkylation sites (tertiary alicyclic amines) is 1. The van der Waals surface area contributed by atoms with E-state index in [0.29, 0.717) is 23.3 Å². The molecule has 0 aliphatic carbocycles. The van der Waals surface area contributed by atoms with Gasteiger partial charge >= 0.3 is 24.5 Å². The molecule has 0 aromatic heterocycles. The van der Waals surface area contributed by atoms with E-state index in [1.165, 1.54) is 43.1 Å². The van der Waals surface area contributed by atoms with Crippen molar-refractivity contribution >= 4 is 12.1 Å². The lowest BCUT2D eigenvalue weighted by Gasteiger charge is -2.48. The number of halogens is 7. The highest BCUT2D eigenvalue weighted by atomic mass is 19.4. The van der Waals surface area contributed by atoms with E-state index in [2.05, 4.69) is 11.9 Å². The Kier molecular flexibility index (Phi) is 8.99. The minimum atomic E-state index is -5.05. The van der Waals surface area contributed by atoms with Crippen molar-refractivity contribution in [3.63, 3.8) is 0 Å². The third-order valence-corrected chi connectivity index (χ3v) is 7.51. The summed E-state index contributed by atoms with van der Waals surface area (Å²) in [6.07, 6.45) is -9.44. The lowest BCUT2D eigenvalue weighted by molar-refractivity contribution is -0.143. The van der Waals surface area contributed by atoms with Crippen LogP contribution in [0, 0.1) is 12.7 Å². The van der Waals surface area contributed by atoms with Crippen LogP contribution in [0.1, 0.15) is 66.1 Å². The normalized spacial score (nSPS) is 20.3. The van der Waals surface area contributed by atoms with Crippen molar-refractivity contribution < 1.29 is 45.4 Å². The van der Waals surface area contributed by atoms with Crippen molar-refractivity contribution in [2.24, 2.45) is 0 Å². The Balaban J connectivity index is 2.04. The van der Waals surface area contributed by atoms with Crippen LogP contribution in [-0.4, -0.2) is 46.2 Å². The van der Waals surface area contributed by atoms with Gasteiger partial charge in [-0.15, -0.1) is 6.58 Å². The average Bonchev–Trinajstić information content (AvgIpc) is 2.86. The van der Waals surface area contributed by atoms with E-state index in [4.69, 9.17) is 0 Å². The molecule has 0 spiro atoms. The van der Waals surface area contributed by atoms with Gasteiger partial charge in [0.05, 0.1) is 28.7 Å². The molecule has 0 radical (unpaired) electrons. The van der Waals surface area contributed by atoms with Gasteiger partial charge in [0.2, 0.25) is 0 Å². The molecule has 1 heterocycles. The minimum absolute atomic E-state index is 0.0120. The van der Waals surface area contributed by atoms with E-state index in [1.54, 1.807) is 6.92 Å². The van der Waals surface area contributed by atoms with E-state index >= 15 is 0 Å². The van der Waals surface area contributed by atoms with Crippen LogP contribution in [0.25, 0.3) is 0 Å². The Labute approximate surface area is 232 Å². The van der Waals surface area contributed by atoms with Crippen LogP contribution < -0.4 is 5.32 Å². The summed E-state index contributed by atoms with van der Waals surface area (Å²) in [6.45, 7) is 6.60. The molecule has 0 bridgehead atoms. The first-order valence-corrected chi connectivity index (χ1v) is 12.6. The van der Waals surface area contributed by atoms with Gasteiger partial charge in [0, 0.05) is 13.6 Å². The number of hydrogen-bond donors (Lipinski definition) is 2. The van der Waals surface area contributed by atoms with Gasteiger partial charge in [0.15, 0.2) is 0 Å². The zero-order valence-corrected chi connectivity index (χ0v) is 22.5. The van der Waals surface area contributed by atoms with Crippen molar-refractivity contribution in [3.05, 3.63) is 82.7 Å². The van der Waals surface area contributed by atoms with Crippen molar-refractivity contribution in [1.82, 2.24) is 15.1 Å². The third-order valence-electron chi connectivity index (χ3n) is 7.51. The van der Waals surface area contributed by atoms with Gasteiger partial charge in [-0.1, -0.05) is 12.1 Å². The summed E-state index contributed by atoms with van der Waals surface area (Å²) in [4.78, 5) is 27.8. The van der Waals surface area contributed by atoms with Crippen LogP contribution in [0.4, 0.5) is 40.3 Å². The van der Waals surface area contributed by atoms with E-state index in [0.717, 1.165) is 4.90 Å². The number of rotatable bonds is 6. The quantitative estimate of drug-likeness (QED) is 0.268. The average molecular weight is 590 g/mol. The van der Waals surface area contributed by atoms with Gasteiger partial charge in [-0.2, -0.15) is 26.3 Å². The first-order chi connectivity index (χ1) is 18.9. The van der Waals surface area contributed by atoms with Crippen LogP contribution in [-0.2, 0) is 12.4 Å². The van der Waals surface area contributed by atoms with Gasteiger partial charge in [-0.3, -0.25) is 0 Å². The van der Waals surface area contributed by atoms with Crippen LogP contribution in [0.15, 0.2) is 49.1 Å². The number of urea groups is 1. The van der Waals surface area contributed by atoms with E-state index < -0.39 is 59.0 Å². The summed E-state index contributed by atoms with van der Waals surface area (Å²) in [5, 5.41) is 12.0. The molecule has 1 aliphatic heterocycles. The van der Waals surface area contributed by atoms with E-state index in [-0.39, 0.29) is 37.4 Å². The second kappa shape index (κ2) is 11.6. The molecule has 3 atom stereocenters. The van der Waals surface area contributed by atoms with Gasteiger partial charge in [-0.05, 0) is 80.1 Å². The van der Waals surface area contributed by atoms with Crippen molar-refractivity contribution in [2.45, 2.75) is 63.1 Å². The number of nitrogens with zero attached hydrogens (tertiary/aromatic N) is 2. The summed E-state index contributed by atoms with van der Waals surface area (Å²) < 4.78 is 94.6. The maximum Gasteiger partial charge on any atom is 0.416 e. The minimum Gasteiger partial charge on any atom is -0.465 e. The Hall–Kier alpha value is -3.77. The van der Waals surface area contributed by atoms with Crippen molar-refractivity contribution in [1.29, 1.82) is 0 Å². The zero-order valence-electron chi connectivity index (χ0n) is 22.5. The molecule has 3 amide bonds. The van der Waals surface area contributed by atoms with Crippen LogP contribution in [0.5, 0.6) is 0 Å². The summed E-state index contributed by atoms with van der Waals surface area (Å²) in [5.41, 5.74) is -3.41. The third kappa shape index (κ3) is 7.12. The summed E-state index contributed by atoms with van der Waals surface area (Å²) in [5.74, 6) is -0.531. The van der Waals surface area contributed by atoms with Crippen molar-refractivity contribution in [2.75, 3.05) is 13.6 Å². The predicted octanol–water partition coefficient (Wildman–Crippen LogP) is 7.70. The van der Waals surface area contributed by atoms with E-state index in [9.17, 15) is 45.4 Å². The fourth-order valence-corrected chi connectivity index (χ4v) is 5.26. The van der Waals surface area contributed by atoms with Crippen LogP contribution in [0.3, 0.4) is 0 Å². The molecule has 2 aromatic carbocycles. The molecule has 2 N–H and O–H groups in total. The second-order valence-corrected chi connectivity index (χ2v) is 10.3. The highest BCUT2D eigenvalue weighted by Gasteiger charge is 2.44. The van der Waals surface area contributed by atoms with Crippen LogP contribution >= 0.6 is 0 Å². The first-order valence-electron chi connectivity index (χ1n) is 12.6. The predicted molar refractivity (Wildman–Crippen MR) is 137 cm³/mol. The number of carbonyl (C=O) groups excluding carboxylic acids is 1. The SMILES string of the molecule is C=CC[C@]1(NC(=O)O)CCN(C(=O)N(C)[C@@H](C)c2cc(C(F)(F)F)cc(C(F)(F)F)c2)[C@@H](c2ccc(F)cc2C)C1. The van der Waals surface area contributed by atoms with Gasteiger partial charge in [0.25, 0.3) is 0 Å². The molecular formula is C28H30F7N3O3. The fourth-order valence-electron chi connectivity index (χ4n) is 5.26. The highest BCUT2D eigenvalue weighted by Crippen LogP contribution is 2.42. The molecule has 1 aliphatic rings. The fraction of sp³-hybridized carbons (Fsp3) is 0.429. The first kappa shape index (κ1) is 31.8. The molecule has 41 heavy (non-hydrogen) atoms. The molecular weight excluding hydrogens is 559 g/mol. The summed E-state index contributed by atoms with van der Waals surface area (Å²) >= 11 is 0. The number of carboxylic acid groups (broad SMARTS) is 1. The summed E-state index contributed by atoms with van der Waals surface area (Å²) in [6, 6.07) is 2.35. The van der Waals surface area contributed by atoms with Gasteiger partial charge in [0.1, 0.15) is 5.82 Å². The monoisotopic (exact) mass is 589 g/mol. The number of hydrogen-bond acceptors (Lipinski definition) is 2. The molecule has 0 unspecified atom stereocenters. The molecule has 1 fully saturated rings. The van der Waals surface area contributed by atoms with Gasteiger partial charge < -0.3 is 20.2 Å². The molecule has 1 saturated heterocycles. The molecule has 3 rings (SSSR count). The van der Waals surface area contributed by atoms with Crippen molar-refractivity contribution in [3.8, 4) is 0 Å². The highest BCUT2D eigenvalue weighted by molar-refractivity contribution is 5.76. The zero-order chi connectivity index (χ0) is 30.9. The number of amides is 3. The molecule has 0 saturated carbocycles. The number of carbonyl (C=O) groups is 2. The molecule has 6 nitrogen and oxygen atoms in total. The Bertz CT molecular complexity index is 1280. The Morgan fingerprint density at radius 1 is 1.15 bits per heavy atom. The molecule has 224 valence electrons. The van der Waals surface area contributed by atoms with Gasteiger partial charge in [-0.25, -0.2) is 14.0 Å². The lowest BCUT2D eigenvalue weighted by Crippen LogP contribution is -2.58.